The normalized spacial score (nSPS) is 12.3. The van der Waals surface area contributed by atoms with Crippen LogP contribution in [0.5, 0.6) is 0 Å². The fourth-order valence-electron chi connectivity index (χ4n) is 21.1. The Kier molecular flexibility index (Phi) is 18.3. The van der Waals surface area contributed by atoms with Crippen molar-refractivity contribution in [3.05, 3.63) is 448 Å². The molecule has 27 aromatic rings. The second kappa shape index (κ2) is 31.6. The molecule has 0 unspecified atom stereocenters. The minimum Gasteiger partial charge on any atom is -0.228 e. The lowest BCUT2D eigenvalue weighted by atomic mass is 9.80. The molecule has 1 aliphatic carbocycles. The van der Waals surface area contributed by atoms with Crippen molar-refractivity contribution in [1.82, 2.24) is 39.9 Å². The maximum atomic E-state index is 5.25. The lowest BCUT2D eigenvalue weighted by Gasteiger charge is -2.24. The molecule has 4 heterocycles. The molecular formula is C125H78N8S. The largest absolute Gasteiger partial charge is 0.228 e. The third-order valence-electron chi connectivity index (χ3n) is 27.5. The van der Waals surface area contributed by atoms with E-state index >= 15 is 0 Å². The van der Waals surface area contributed by atoms with Crippen LogP contribution in [0.2, 0.25) is 0 Å². The van der Waals surface area contributed by atoms with Crippen molar-refractivity contribution in [3.63, 3.8) is 0 Å². The predicted octanol–water partition coefficient (Wildman–Crippen LogP) is 33.2. The van der Waals surface area contributed by atoms with Crippen LogP contribution in [0.25, 0.3) is 262 Å². The van der Waals surface area contributed by atoms with Gasteiger partial charge in [0, 0.05) is 75.5 Å². The van der Waals surface area contributed by atoms with Gasteiger partial charge in [-0.15, -0.1) is 11.3 Å². The molecule has 134 heavy (non-hydrogen) atoms. The Labute approximate surface area is 775 Å². The van der Waals surface area contributed by atoms with E-state index in [-0.39, 0.29) is 5.41 Å². The van der Waals surface area contributed by atoms with Crippen LogP contribution in [0.1, 0.15) is 25.0 Å². The van der Waals surface area contributed by atoms with E-state index < -0.39 is 0 Å². The van der Waals surface area contributed by atoms with Crippen LogP contribution >= 0.6 is 11.3 Å². The highest BCUT2D eigenvalue weighted by Gasteiger charge is 2.38. The Morgan fingerprint density at radius 2 is 0.500 bits per heavy atom. The fraction of sp³-hybridized carbons (Fsp3) is 0.0240. The summed E-state index contributed by atoms with van der Waals surface area (Å²) >= 11 is 1.79. The summed E-state index contributed by atoms with van der Waals surface area (Å²) in [6.07, 6.45) is 0. The molecule has 0 spiro atoms. The number of rotatable bonds is 8. The van der Waals surface area contributed by atoms with Gasteiger partial charge in [0.1, 0.15) is 0 Å². The molecule has 1 aliphatic rings. The van der Waals surface area contributed by atoms with Crippen LogP contribution < -0.4 is 0 Å². The quantitative estimate of drug-likeness (QED) is 0.139. The molecule has 9 heteroatoms. The molecule has 28 rings (SSSR count). The van der Waals surface area contributed by atoms with Gasteiger partial charge in [-0.2, -0.15) is 0 Å². The van der Waals surface area contributed by atoms with Gasteiger partial charge in [0.25, 0.3) is 0 Å². The molecule has 0 saturated heterocycles. The summed E-state index contributed by atoms with van der Waals surface area (Å²) in [6.45, 7) is 4.62. The molecule has 4 aromatic heterocycles. The molecule has 0 amide bonds. The van der Waals surface area contributed by atoms with Gasteiger partial charge in [-0.1, -0.05) is 420 Å². The number of nitrogens with zero attached hydrogens (tertiary/aromatic N) is 8. The highest BCUT2D eigenvalue weighted by molar-refractivity contribution is 7.26. The van der Waals surface area contributed by atoms with Crippen LogP contribution in [0, 0.1) is 0 Å². The highest BCUT2D eigenvalue weighted by Crippen LogP contribution is 2.53. The Hall–Kier alpha value is -17.2. The molecule has 0 radical (unpaired) electrons. The summed E-state index contributed by atoms with van der Waals surface area (Å²) in [5, 5.41) is 33.4. The highest BCUT2D eigenvalue weighted by atomic mass is 32.1. The third kappa shape index (κ3) is 13.0. The molecule has 0 aliphatic heterocycles. The minimum atomic E-state index is -0.196. The van der Waals surface area contributed by atoms with E-state index in [2.05, 4.69) is 402 Å². The van der Waals surface area contributed by atoms with Crippen molar-refractivity contribution in [2.45, 2.75) is 19.3 Å². The molecule has 23 aromatic carbocycles. The zero-order valence-electron chi connectivity index (χ0n) is 73.1. The van der Waals surface area contributed by atoms with Crippen molar-refractivity contribution in [2.24, 2.45) is 0 Å². The smallest absolute Gasteiger partial charge is 0.165 e. The first-order chi connectivity index (χ1) is 66.2. The molecule has 0 bridgehead atoms. The summed E-state index contributed by atoms with van der Waals surface area (Å²) in [4.78, 5) is 41.0. The van der Waals surface area contributed by atoms with Gasteiger partial charge in [-0.25, -0.2) is 39.9 Å². The van der Waals surface area contributed by atoms with Gasteiger partial charge in [-0.3, -0.25) is 0 Å². The maximum Gasteiger partial charge on any atom is 0.165 e. The number of fused-ring (bicyclic) bond motifs is 28. The number of thiophene rings is 1. The average Bonchev–Trinajstić information content (AvgIpc) is 1.76. The number of hydrogen-bond donors (Lipinski definition) is 0. The first-order valence-electron chi connectivity index (χ1n) is 45.6. The summed E-state index contributed by atoms with van der Waals surface area (Å²) in [5.74, 6) is 4.79. The van der Waals surface area contributed by atoms with Crippen LogP contribution in [0.15, 0.2) is 437 Å². The number of hydrogen-bond acceptors (Lipinski definition) is 9. The summed E-state index contributed by atoms with van der Waals surface area (Å²) < 4.78 is 2.45. The first kappa shape index (κ1) is 77.9. The van der Waals surface area contributed by atoms with Gasteiger partial charge in [-0.05, 0) is 182 Å². The topological polar surface area (TPSA) is 103 Å². The van der Waals surface area contributed by atoms with Gasteiger partial charge in [0.2, 0.25) is 0 Å². The van der Waals surface area contributed by atoms with Crippen LogP contribution in [-0.4, -0.2) is 39.9 Å². The van der Waals surface area contributed by atoms with Crippen LogP contribution in [0.3, 0.4) is 0 Å². The van der Waals surface area contributed by atoms with Gasteiger partial charge in [0.05, 0.1) is 11.2 Å². The van der Waals surface area contributed by atoms with E-state index in [1.807, 2.05) is 48.5 Å². The van der Waals surface area contributed by atoms with Gasteiger partial charge >= 0.3 is 0 Å². The van der Waals surface area contributed by atoms with Gasteiger partial charge < -0.3 is 0 Å². The Morgan fingerprint density at radius 1 is 0.179 bits per heavy atom. The van der Waals surface area contributed by atoms with Crippen molar-refractivity contribution in [1.29, 1.82) is 0 Å². The van der Waals surface area contributed by atoms with Gasteiger partial charge in [0.15, 0.2) is 40.8 Å². The molecule has 0 atom stereocenters. The van der Waals surface area contributed by atoms with Crippen molar-refractivity contribution in [2.75, 3.05) is 0 Å². The molecule has 0 fully saturated rings. The zero-order chi connectivity index (χ0) is 88.6. The van der Waals surface area contributed by atoms with Crippen LogP contribution in [-0.2, 0) is 5.41 Å². The summed E-state index contributed by atoms with van der Waals surface area (Å²) in [6, 6.07) is 155. The lowest BCUT2D eigenvalue weighted by Crippen LogP contribution is -2.17. The van der Waals surface area contributed by atoms with E-state index in [9.17, 15) is 0 Å². The molecule has 624 valence electrons. The van der Waals surface area contributed by atoms with Crippen molar-refractivity contribution < 1.29 is 0 Å². The second-order valence-corrected chi connectivity index (χ2v) is 36.5. The third-order valence-corrected chi connectivity index (χ3v) is 28.7. The van der Waals surface area contributed by atoms with E-state index in [0.717, 1.165) is 72.3 Å². The monoisotopic (exact) mass is 1720 g/mol. The zero-order valence-corrected chi connectivity index (χ0v) is 73.9. The number of para-hydroxylation sites is 1. The standard InChI is InChI=1S/C46H31N3.C43H25N3S.C36H22N2/c1-46(2)41-18-9-8-15-37(41)38-16-10-17-39(42(38)46)45-48-43(30-12-4-3-5-13-30)47-44(49-45)31-20-19-29-22-24-35-34-23-21-28-11-6-7-14-32(28)33(34)25-26-36(35)40(29)27-31;1-2-10-28(11-3-1)41-44-42(46-43(45-41)37-15-8-14-36-35-13-6-7-16-39(35)47-40(36)37)29-18-17-27-20-22-33-32-21-19-26-9-4-5-12-30(26)31(32)23-24-34(33)38(27)25-29;1-2-10-24(11-3-1)35-33-13-6-7-16-34(33)37-36(38-35)32-15-8-14-26-29-20-19-27-25-12-5-4-9-23(25)17-18-28(27)30(29)21-22-31(26)32/h3-27H,1-2H3;1-25H;1-22H. The lowest BCUT2D eigenvalue weighted by molar-refractivity contribution is 0.661. The summed E-state index contributed by atoms with van der Waals surface area (Å²) in [7, 11) is 0. The minimum absolute atomic E-state index is 0.196. The van der Waals surface area contributed by atoms with E-state index in [1.54, 1.807) is 11.3 Å². The number of aromatic nitrogens is 8. The van der Waals surface area contributed by atoms with E-state index in [0.29, 0.717) is 34.9 Å². The second-order valence-electron chi connectivity index (χ2n) is 35.4. The first-order valence-corrected chi connectivity index (χ1v) is 46.4. The van der Waals surface area contributed by atoms with Crippen molar-refractivity contribution >= 4 is 172 Å². The maximum absolute atomic E-state index is 5.25. The Bertz CT molecular complexity index is 9570. The molecule has 8 nitrogen and oxygen atoms in total. The number of benzene rings is 23. The molecule has 0 saturated carbocycles. The SMILES string of the molecule is CC1(C)c2ccccc2-c2cccc(-c3nc(-c4ccccc4)nc(-c4ccc5ccc6c(ccc7c8ccccc8ccc76)c5c4)n3)c21.c1ccc(-c2nc(-c3ccc4ccc5c(ccc6c7ccccc7ccc65)c4c3)nc(-c3cccc4c3sc3ccccc34)n2)cc1.c1ccc(-c2nc(-c3cccc4c3ccc3c4ccc4c5ccccc5ccc43)nc3ccccc23)cc1. The molecular weight excluding hydrogens is 1650 g/mol. The Balaban J connectivity index is 0.000000106. The summed E-state index contributed by atoms with van der Waals surface area (Å²) in [5.41, 5.74) is 14.9. The fourth-order valence-corrected chi connectivity index (χ4v) is 22.3. The van der Waals surface area contributed by atoms with Crippen LogP contribution in [0.4, 0.5) is 0 Å². The van der Waals surface area contributed by atoms with E-state index in [1.165, 1.54) is 166 Å². The predicted molar refractivity (Wildman–Crippen MR) is 563 cm³/mol. The average molecular weight is 1720 g/mol. The Morgan fingerprint density at radius 3 is 1.02 bits per heavy atom. The molecule has 0 N–H and O–H groups in total. The van der Waals surface area contributed by atoms with E-state index in [4.69, 9.17) is 39.9 Å². The van der Waals surface area contributed by atoms with Crippen molar-refractivity contribution in [3.8, 4) is 102 Å².